The highest BCUT2D eigenvalue weighted by molar-refractivity contribution is 6.36. The predicted octanol–water partition coefficient (Wildman–Crippen LogP) is 5.66. The summed E-state index contributed by atoms with van der Waals surface area (Å²) in [7, 11) is 1.59. The van der Waals surface area contributed by atoms with E-state index in [4.69, 9.17) is 27.9 Å². The van der Waals surface area contributed by atoms with Gasteiger partial charge in [0.15, 0.2) is 0 Å². The molecule has 138 valence electrons. The summed E-state index contributed by atoms with van der Waals surface area (Å²) in [6.45, 7) is 0. The zero-order valence-electron chi connectivity index (χ0n) is 14.4. The Balaban J connectivity index is 1.96. The third-order valence-corrected chi connectivity index (χ3v) is 4.71. The van der Waals surface area contributed by atoms with Crippen LogP contribution in [-0.2, 0) is 0 Å². The average Bonchev–Trinajstić information content (AvgIpc) is 2.69. The monoisotopic (exact) mass is 403 g/mol. The highest BCUT2D eigenvalue weighted by Crippen LogP contribution is 2.27. The van der Waals surface area contributed by atoms with Crippen molar-refractivity contribution in [2.24, 2.45) is 0 Å². The zero-order chi connectivity index (χ0) is 19.4. The van der Waals surface area contributed by atoms with E-state index in [9.17, 15) is 9.18 Å². The van der Waals surface area contributed by atoms with Gasteiger partial charge in [0, 0.05) is 0 Å². The van der Waals surface area contributed by atoms with Gasteiger partial charge in [-0.2, -0.15) is 0 Å². The second-order valence-electron chi connectivity index (χ2n) is 5.84. The molecule has 1 atom stereocenters. The quantitative estimate of drug-likeness (QED) is 0.558. The first-order valence-corrected chi connectivity index (χ1v) is 8.89. The minimum Gasteiger partial charge on any atom is -0.497 e. The summed E-state index contributed by atoms with van der Waals surface area (Å²) in [5.74, 6) is -0.494. The number of ether oxygens (including phenoxy) is 1. The minimum absolute atomic E-state index is 0.0213. The largest absolute Gasteiger partial charge is 0.497 e. The zero-order valence-corrected chi connectivity index (χ0v) is 15.9. The molecule has 1 amide bonds. The summed E-state index contributed by atoms with van der Waals surface area (Å²) in [5, 5.41) is 2.87. The molecule has 1 N–H and O–H groups in total. The molecule has 27 heavy (non-hydrogen) atoms. The van der Waals surface area contributed by atoms with Crippen LogP contribution < -0.4 is 10.1 Å². The van der Waals surface area contributed by atoms with Gasteiger partial charge < -0.3 is 10.1 Å². The maximum Gasteiger partial charge on any atom is 0.253 e. The Morgan fingerprint density at radius 2 is 1.59 bits per heavy atom. The number of carbonyl (C=O) groups is 1. The lowest BCUT2D eigenvalue weighted by Gasteiger charge is -2.20. The lowest BCUT2D eigenvalue weighted by molar-refractivity contribution is 0.0942. The molecule has 0 radical (unpaired) electrons. The van der Waals surface area contributed by atoms with Crippen LogP contribution >= 0.6 is 23.2 Å². The molecular weight excluding hydrogens is 388 g/mol. The van der Waals surface area contributed by atoms with E-state index in [0.29, 0.717) is 5.75 Å². The first-order chi connectivity index (χ1) is 13.0. The van der Waals surface area contributed by atoms with E-state index in [-0.39, 0.29) is 15.6 Å². The van der Waals surface area contributed by atoms with Crippen molar-refractivity contribution in [3.63, 3.8) is 0 Å². The molecule has 3 aromatic rings. The number of halogens is 3. The van der Waals surface area contributed by atoms with E-state index in [1.54, 1.807) is 7.11 Å². The molecule has 0 saturated heterocycles. The maximum atomic E-state index is 13.8. The van der Waals surface area contributed by atoms with E-state index in [1.807, 2.05) is 54.6 Å². The maximum absolute atomic E-state index is 13.8. The van der Waals surface area contributed by atoms with Crippen LogP contribution in [0.2, 0.25) is 10.0 Å². The summed E-state index contributed by atoms with van der Waals surface area (Å²) in [5.41, 5.74) is 1.75. The fourth-order valence-electron chi connectivity index (χ4n) is 2.71. The van der Waals surface area contributed by atoms with Crippen molar-refractivity contribution < 1.29 is 13.9 Å². The summed E-state index contributed by atoms with van der Waals surface area (Å²) < 4.78 is 19.0. The van der Waals surface area contributed by atoms with Crippen molar-refractivity contribution in [1.29, 1.82) is 0 Å². The summed E-state index contributed by atoms with van der Waals surface area (Å²) >= 11 is 11.8. The van der Waals surface area contributed by atoms with Gasteiger partial charge in [0.05, 0.1) is 28.8 Å². The van der Waals surface area contributed by atoms with Crippen molar-refractivity contribution in [2.45, 2.75) is 6.04 Å². The number of nitrogens with one attached hydrogen (secondary N) is 1. The molecule has 0 aromatic heterocycles. The van der Waals surface area contributed by atoms with Crippen LogP contribution in [0, 0.1) is 5.82 Å². The van der Waals surface area contributed by atoms with Gasteiger partial charge >= 0.3 is 0 Å². The van der Waals surface area contributed by atoms with Gasteiger partial charge in [-0.05, 0) is 35.4 Å². The van der Waals surface area contributed by atoms with Gasteiger partial charge in [0.2, 0.25) is 0 Å². The lowest BCUT2D eigenvalue weighted by atomic mass is 9.98. The Morgan fingerprint density at radius 1 is 0.963 bits per heavy atom. The van der Waals surface area contributed by atoms with Gasteiger partial charge in [0.1, 0.15) is 11.6 Å². The van der Waals surface area contributed by atoms with Gasteiger partial charge in [-0.3, -0.25) is 4.79 Å². The number of hydrogen-bond acceptors (Lipinski definition) is 2. The van der Waals surface area contributed by atoms with Crippen LogP contribution in [0.1, 0.15) is 27.5 Å². The lowest BCUT2D eigenvalue weighted by Crippen LogP contribution is -2.29. The molecule has 0 heterocycles. The topological polar surface area (TPSA) is 38.3 Å². The molecular formula is C21H16Cl2FNO2. The van der Waals surface area contributed by atoms with Gasteiger partial charge in [0.25, 0.3) is 5.91 Å². The molecule has 3 rings (SSSR count). The highest BCUT2D eigenvalue weighted by Gasteiger charge is 2.20. The highest BCUT2D eigenvalue weighted by atomic mass is 35.5. The van der Waals surface area contributed by atoms with E-state index in [1.165, 1.54) is 6.07 Å². The SMILES string of the molecule is COc1ccc(C(NC(=O)c2cc(F)c(Cl)cc2Cl)c2ccccc2)cc1. The second kappa shape index (κ2) is 8.42. The van der Waals surface area contributed by atoms with Crippen LogP contribution in [0.3, 0.4) is 0 Å². The minimum atomic E-state index is -0.702. The molecule has 0 fully saturated rings. The standard InChI is InChI=1S/C21H16Cl2FNO2/c1-27-15-9-7-14(8-10-15)20(13-5-3-2-4-6-13)25-21(26)16-11-19(24)18(23)12-17(16)22/h2-12,20H,1H3,(H,25,26). The van der Waals surface area contributed by atoms with Crippen LogP contribution in [0.4, 0.5) is 4.39 Å². The number of amides is 1. The molecule has 0 aliphatic heterocycles. The van der Waals surface area contributed by atoms with E-state index in [0.717, 1.165) is 17.2 Å². The molecule has 3 nitrogen and oxygen atoms in total. The number of rotatable bonds is 5. The Morgan fingerprint density at radius 3 is 2.22 bits per heavy atom. The normalized spacial score (nSPS) is 11.7. The predicted molar refractivity (Wildman–Crippen MR) is 105 cm³/mol. The Hall–Kier alpha value is -2.56. The molecule has 6 heteroatoms. The Kier molecular flexibility index (Phi) is 5.99. The van der Waals surface area contributed by atoms with Crippen LogP contribution in [-0.4, -0.2) is 13.0 Å². The third kappa shape index (κ3) is 4.41. The number of carbonyl (C=O) groups excluding carboxylic acids is 1. The fourth-order valence-corrected chi connectivity index (χ4v) is 3.18. The average molecular weight is 404 g/mol. The van der Waals surface area contributed by atoms with Crippen molar-refractivity contribution in [3.8, 4) is 5.75 Å². The number of hydrogen-bond donors (Lipinski definition) is 1. The van der Waals surface area contributed by atoms with Crippen molar-refractivity contribution in [3.05, 3.63) is 99.3 Å². The molecule has 0 bridgehead atoms. The van der Waals surface area contributed by atoms with Crippen LogP contribution in [0.15, 0.2) is 66.7 Å². The molecule has 0 saturated carbocycles. The van der Waals surface area contributed by atoms with E-state index in [2.05, 4.69) is 5.32 Å². The number of benzene rings is 3. The first-order valence-electron chi connectivity index (χ1n) is 8.14. The molecule has 3 aromatic carbocycles. The summed E-state index contributed by atoms with van der Waals surface area (Å²) in [4.78, 5) is 12.8. The van der Waals surface area contributed by atoms with Crippen LogP contribution in [0.25, 0.3) is 0 Å². The molecule has 0 aliphatic carbocycles. The first kappa shape index (κ1) is 19.2. The smallest absolute Gasteiger partial charge is 0.253 e. The third-order valence-electron chi connectivity index (χ3n) is 4.11. The molecule has 0 aliphatic rings. The second-order valence-corrected chi connectivity index (χ2v) is 6.65. The van der Waals surface area contributed by atoms with Gasteiger partial charge in [-0.25, -0.2) is 4.39 Å². The van der Waals surface area contributed by atoms with Crippen molar-refractivity contribution in [2.75, 3.05) is 7.11 Å². The van der Waals surface area contributed by atoms with Crippen molar-refractivity contribution >= 4 is 29.1 Å². The molecule has 0 spiro atoms. The van der Waals surface area contributed by atoms with Crippen LogP contribution in [0.5, 0.6) is 5.75 Å². The Labute approximate surface area is 166 Å². The van der Waals surface area contributed by atoms with Crippen molar-refractivity contribution in [1.82, 2.24) is 5.32 Å². The summed E-state index contributed by atoms with van der Waals surface area (Å²) in [6, 6.07) is 18.6. The number of methoxy groups -OCH3 is 1. The van der Waals surface area contributed by atoms with E-state index < -0.39 is 17.8 Å². The fraction of sp³-hybridized carbons (Fsp3) is 0.0952. The van der Waals surface area contributed by atoms with Gasteiger partial charge in [-0.1, -0.05) is 65.7 Å². The van der Waals surface area contributed by atoms with E-state index >= 15 is 0 Å². The van der Waals surface area contributed by atoms with Gasteiger partial charge in [-0.15, -0.1) is 0 Å². The summed E-state index contributed by atoms with van der Waals surface area (Å²) in [6.07, 6.45) is 0. The molecule has 1 unspecified atom stereocenters. The Bertz CT molecular complexity index is 946.